The average molecular weight is 336 g/mol. The maximum absolute atomic E-state index is 12.7. The molecule has 2 N–H and O–H groups in total. The van der Waals surface area contributed by atoms with Crippen molar-refractivity contribution in [3.05, 3.63) is 53.7 Å². The highest BCUT2D eigenvalue weighted by Gasteiger charge is 2.23. The van der Waals surface area contributed by atoms with E-state index in [2.05, 4.69) is 10.3 Å². The molecule has 0 radical (unpaired) electrons. The van der Waals surface area contributed by atoms with Crippen molar-refractivity contribution in [1.29, 1.82) is 0 Å². The first-order valence-corrected chi connectivity index (χ1v) is 8.49. The van der Waals surface area contributed by atoms with Crippen molar-refractivity contribution >= 4 is 22.5 Å². The molecule has 4 rings (SSSR count). The third-order valence-corrected chi connectivity index (χ3v) is 4.32. The molecule has 1 aliphatic rings. The van der Waals surface area contributed by atoms with Crippen molar-refractivity contribution < 1.29 is 14.3 Å². The SMILES string of the molecule is CCOc1cc2c(cc1NC(=O)c1cc3ccccc3[nH]1)OC(C)C2. The van der Waals surface area contributed by atoms with Gasteiger partial charge < -0.3 is 19.8 Å². The van der Waals surface area contributed by atoms with Crippen LogP contribution in [-0.4, -0.2) is 23.6 Å². The number of ether oxygens (including phenoxy) is 2. The number of aromatic nitrogens is 1. The number of amides is 1. The van der Waals surface area contributed by atoms with Gasteiger partial charge in [-0.1, -0.05) is 18.2 Å². The Kier molecular flexibility index (Phi) is 3.84. The van der Waals surface area contributed by atoms with Gasteiger partial charge in [-0.05, 0) is 32.0 Å². The Morgan fingerprint density at radius 1 is 1.32 bits per heavy atom. The van der Waals surface area contributed by atoms with Crippen LogP contribution in [0.5, 0.6) is 11.5 Å². The molecule has 3 aromatic rings. The largest absolute Gasteiger partial charge is 0.492 e. The van der Waals surface area contributed by atoms with E-state index in [9.17, 15) is 4.79 Å². The van der Waals surface area contributed by atoms with E-state index in [1.54, 1.807) is 0 Å². The lowest BCUT2D eigenvalue weighted by Crippen LogP contribution is -2.13. The van der Waals surface area contributed by atoms with E-state index in [1.165, 1.54) is 0 Å². The topological polar surface area (TPSA) is 63.3 Å². The predicted octanol–water partition coefficient (Wildman–Crippen LogP) is 4.14. The van der Waals surface area contributed by atoms with E-state index in [0.29, 0.717) is 23.7 Å². The highest BCUT2D eigenvalue weighted by atomic mass is 16.5. The summed E-state index contributed by atoms with van der Waals surface area (Å²) in [5.74, 6) is 1.27. The van der Waals surface area contributed by atoms with Gasteiger partial charge in [-0.15, -0.1) is 0 Å². The predicted molar refractivity (Wildman–Crippen MR) is 97.7 cm³/mol. The molecule has 1 aliphatic heterocycles. The fourth-order valence-corrected chi connectivity index (χ4v) is 3.20. The molecule has 2 aromatic carbocycles. The molecule has 0 saturated heterocycles. The Hall–Kier alpha value is -2.95. The zero-order valence-corrected chi connectivity index (χ0v) is 14.3. The summed E-state index contributed by atoms with van der Waals surface area (Å²) < 4.78 is 11.5. The summed E-state index contributed by atoms with van der Waals surface area (Å²) in [6.07, 6.45) is 0.996. The summed E-state index contributed by atoms with van der Waals surface area (Å²) in [6.45, 7) is 4.49. The normalized spacial score (nSPS) is 15.7. The lowest BCUT2D eigenvalue weighted by molar-refractivity contribution is 0.102. The van der Waals surface area contributed by atoms with Crippen LogP contribution in [0, 0.1) is 0 Å². The Labute approximate surface area is 146 Å². The summed E-state index contributed by atoms with van der Waals surface area (Å²) in [6, 6.07) is 13.5. The number of anilines is 1. The maximum Gasteiger partial charge on any atom is 0.272 e. The summed E-state index contributed by atoms with van der Waals surface area (Å²) >= 11 is 0. The first-order valence-electron chi connectivity index (χ1n) is 8.49. The molecule has 5 heteroatoms. The molecule has 128 valence electrons. The summed E-state index contributed by atoms with van der Waals surface area (Å²) in [5.41, 5.74) is 3.18. The second kappa shape index (κ2) is 6.16. The van der Waals surface area contributed by atoms with Crippen molar-refractivity contribution in [1.82, 2.24) is 4.98 Å². The Bertz CT molecular complexity index is 912. The van der Waals surface area contributed by atoms with E-state index >= 15 is 0 Å². The van der Waals surface area contributed by atoms with Crippen molar-refractivity contribution in [2.24, 2.45) is 0 Å². The molecule has 0 fully saturated rings. The number of para-hydroxylation sites is 1. The van der Waals surface area contributed by atoms with Crippen molar-refractivity contribution in [3.63, 3.8) is 0 Å². The van der Waals surface area contributed by atoms with Gasteiger partial charge in [-0.25, -0.2) is 0 Å². The van der Waals surface area contributed by atoms with Crippen molar-refractivity contribution in [3.8, 4) is 11.5 Å². The smallest absolute Gasteiger partial charge is 0.272 e. The van der Waals surface area contributed by atoms with Crippen LogP contribution in [0.2, 0.25) is 0 Å². The molecule has 0 aliphatic carbocycles. The van der Waals surface area contributed by atoms with Gasteiger partial charge in [-0.3, -0.25) is 4.79 Å². The van der Waals surface area contributed by atoms with Crippen LogP contribution >= 0.6 is 0 Å². The third-order valence-electron chi connectivity index (χ3n) is 4.32. The standard InChI is InChI=1S/C20H20N2O3/c1-3-24-19-10-14-8-12(2)25-18(14)11-16(19)22-20(23)17-9-13-6-4-5-7-15(13)21-17/h4-7,9-12,21H,3,8H2,1-2H3,(H,22,23). The Morgan fingerprint density at radius 2 is 2.16 bits per heavy atom. The van der Waals surface area contributed by atoms with E-state index < -0.39 is 0 Å². The molecule has 0 spiro atoms. The van der Waals surface area contributed by atoms with Crippen LogP contribution in [0.25, 0.3) is 10.9 Å². The average Bonchev–Trinajstić information content (AvgIpc) is 3.17. The minimum atomic E-state index is -0.205. The number of hydrogen-bond donors (Lipinski definition) is 2. The minimum Gasteiger partial charge on any atom is -0.492 e. The van der Waals surface area contributed by atoms with Gasteiger partial charge in [0.25, 0.3) is 5.91 Å². The fraction of sp³-hybridized carbons (Fsp3) is 0.250. The number of rotatable bonds is 4. The summed E-state index contributed by atoms with van der Waals surface area (Å²) in [5, 5.41) is 3.95. The Morgan fingerprint density at radius 3 is 2.96 bits per heavy atom. The lowest BCUT2D eigenvalue weighted by Gasteiger charge is -2.13. The van der Waals surface area contributed by atoms with Crippen molar-refractivity contribution in [2.45, 2.75) is 26.4 Å². The summed E-state index contributed by atoms with van der Waals surface area (Å²) in [4.78, 5) is 15.8. The zero-order valence-electron chi connectivity index (χ0n) is 14.3. The van der Waals surface area contributed by atoms with Crippen molar-refractivity contribution in [2.75, 3.05) is 11.9 Å². The third kappa shape index (κ3) is 2.93. The molecule has 25 heavy (non-hydrogen) atoms. The number of nitrogens with one attached hydrogen (secondary N) is 2. The van der Waals surface area contributed by atoms with Gasteiger partial charge in [0.1, 0.15) is 23.3 Å². The number of hydrogen-bond acceptors (Lipinski definition) is 3. The molecule has 1 unspecified atom stereocenters. The molecule has 1 amide bonds. The van der Waals surface area contributed by atoms with Crippen LogP contribution in [0.15, 0.2) is 42.5 Å². The van der Waals surface area contributed by atoms with Crippen LogP contribution in [0.4, 0.5) is 5.69 Å². The molecule has 2 heterocycles. The maximum atomic E-state index is 12.7. The van der Waals surface area contributed by atoms with Gasteiger partial charge in [0, 0.05) is 29.0 Å². The molecular formula is C20H20N2O3. The number of carbonyl (C=O) groups excluding carboxylic acids is 1. The van der Waals surface area contributed by atoms with E-state index in [4.69, 9.17) is 9.47 Å². The number of carbonyl (C=O) groups is 1. The molecule has 5 nitrogen and oxygen atoms in total. The van der Waals surface area contributed by atoms with E-state index in [0.717, 1.165) is 28.6 Å². The van der Waals surface area contributed by atoms with Crippen LogP contribution in [0.3, 0.4) is 0 Å². The van der Waals surface area contributed by atoms with Gasteiger partial charge in [0.05, 0.1) is 12.3 Å². The second-order valence-corrected chi connectivity index (χ2v) is 6.25. The Balaban J connectivity index is 1.65. The first kappa shape index (κ1) is 15.6. The zero-order chi connectivity index (χ0) is 17.4. The first-order chi connectivity index (χ1) is 12.1. The number of aromatic amines is 1. The second-order valence-electron chi connectivity index (χ2n) is 6.25. The molecular weight excluding hydrogens is 316 g/mol. The fourth-order valence-electron chi connectivity index (χ4n) is 3.20. The van der Waals surface area contributed by atoms with Gasteiger partial charge >= 0.3 is 0 Å². The van der Waals surface area contributed by atoms with Gasteiger partial charge in [0.2, 0.25) is 0 Å². The number of H-pyrrole nitrogens is 1. The molecule has 0 saturated carbocycles. The molecule has 0 bridgehead atoms. The monoisotopic (exact) mass is 336 g/mol. The van der Waals surface area contributed by atoms with Crippen LogP contribution < -0.4 is 14.8 Å². The number of benzene rings is 2. The lowest BCUT2D eigenvalue weighted by atomic mass is 10.1. The van der Waals surface area contributed by atoms with Gasteiger partial charge in [0.15, 0.2) is 0 Å². The van der Waals surface area contributed by atoms with Crippen LogP contribution in [0.1, 0.15) is 29.9 Å². The quantitative estimate of drug-likeness (QED) is 0.752. The van der Waals surface area contributed by atoms with E-state index in [1.807, 2.05) is 56.3 Å². The van der Waals surface area contributed by atoms with E-state index in [-0.39, 0.29) is 12.0 Å². The van der Waals surface area contributed by atoms with Crippen LogP contribution in [-0.2, 0) is 6.42 Å². The summed E-state index contributed by atoms with van der Waals surface area (Å²) in [7, 11) is 0. The molecule has 1 aromatic heterocycles. The van der Waals surface area contributed by atoms with Gasteiger partial charge in [-0.2, -0.15) is 0 Å². The number of fused-ring (bicyclic) bond motifs is 2. The highest BCUT2D eigenvalue weighted by Crippen LogP contribution is 2.38. The highest BCUT2D eigenvalue weighted by molar-refractivity contribution is 6.06. The minimum absolute atomic E-state index is 0.143. The molecule has 1 atom stereocenters.